The van der Waals surface area contributed by atoms with Crippen LogP contribution in [0.25, 0.3) is 6.08 Å². The Hall–Kier alpha value is -1.78. The van der Waals surface area contributed by atoms with E-state index in [-0.39, 0.29) is 34.3 Å². The molecule has 2 saturated heterocycles. The fourth-order valence-corrected chi connectivity index (χ4v) is 6.26. The van der Waals surface area contributed by atoms with E-state index in [4.69, 9.17) is 12.2 Å². The molecule has 10 heteroatoms. The number of thiocarbonyl (C=S) groups is 1. The molecule has 1 atom stereocenters. The Morgan fingerprint density at radius 1 is 1.46 bits per heavy atom. The molecule has 0 aliphatic carbocycles. The molecule has 150 valence electrons. The number of rotatable bonds is 5. The number of likely N-dealkylation sites (N-methyl/N-ethyl adjacent to an activating group) is 1. The normalized spacial score (nSPS) is 22.9. The number of sulfone groups is 1. The second kappa shape index (κ2) is 8.30. The summed E-state index contributed by atoms with van der Waals surface area (Å²) in [6.45, 7) is 1.89. The van der Waals surface area contributed by atoms with Gasteiger partial charge in [0, 0.05) is 12.6 Å². The lowest BCUT2D eigenvalue weighted by atomic mass is 10.2. The van der Waals surface area contributed by atoms with Gasteiger partial charge in [-0.2, -0.15) is 0 Å². The van der Waals surface area contributed by atoms with Crippen LogP contribution < -0.4 is 0 Å². The van der Waals surface area contributed by atoms with Gasteiger partial charge in [-0.15, -0.1) is 0 Å². The number of carbonyl (C=O) groups is 2. The Morgan fingerprint density at radius 3 is 2.82 bits per heavy atom. The molecule has 2 aliphatic heterocycles. The molecular weight excluding hydrogens is 423 g/mol. The lowest BCUT2D eigenvalue weighted by Gasteiger charge is -2.28. The third-order valence-electron chi connectivity index (χ3n) is 4.62. The summed E-state index contributed by atoms with van der Waals surface area (Å²) in [5, 5.41) is 0. The first kappa shape index (κ1) is 20.9. The Morgan fingerprint density at radius 2 is 2.21 bits per heavy atom. The van der Waals surface area contributed by atoms with E-state index in [9.17, 15) is 22.4 Å². The van der Waals surface area contributed by atoms with Crippen LogP contribution in [-0.4, -0.2) is 65.0 Å². The Kier molecular flexibility index (Phi) is 6.21. The van der Waals surface area contributed by atoms with E-state index in [0.717, 1.165) is 11.8 Å². The first-order valence-electron chi connectivity index (χ1n) is 8.71. The third-order valence-corrected chi connectivity index (χ3v) is 7.75. The summed E-state index contributed by atoms with van der Waals surface area (Å²) in [6, 6.07) is 5.45. The molecule has 28 heavy (non-hydrogen) atoms. The molecule has 2 aliphatic rings. The predicted octanol–water partition coefficient (Wildman–Crippen LogP) is 2.06. The number of amides is 2. The number of carbonyl (C=O) groups excluding carboxylic acids is 2. The van der Waals surface area contributed by atoms with Crippen molar-refractivity contribution in [1.29, 1.82) is 0 Å². The molecule has 1 aromatic carbocycles. The molecule has 2 heterocycles. The summed E-state index contributed by atoms with van der Waals surface area (Å²) in [4.78, 5) is 28.4. The molecule has 0 bridgehead atoms. The van der Waals surface area contributed by atoms with Crippen LogP contribution in [0, 0.1) is 5.82 Å². The maximum Gasteiger partial charge on any atom is 0.266 e. The quantitative estimate of drug-likeness (QED) is 0.513. The van der Waals surface area contributed by atoms with Crippen molar-refractivity contribution in [3.05, 3.63) is 40.6 Å². The van der Waals surface area contributed by atoms with Gasteiger partial charge in [-0.25, -0.2) is 12.8 Å². The molecule has 2 amide bonds. The fraction of sp³-hybridized carbons (Fsp3) is 0.389. The second-order valence-electron chi connectivity index (χ2n) is 6.56. The molecule has 3 rings (SSSR count). The molecule has 0 radical (unpaired) electrons. The smallest absolute Gasteiger partial charge is 0.266 e. The molecule has 1 aromatic rings. The van der Waals surface area contributed by atoms with Gasteiger partial charge in [0.25, 0.3) is 5.91 Å². The van der Waals surface area contributed by atoms with Gasteiger partial charge >= 0.3 is 0 Å². The van der Waals surface area contributed by atoms with Gasteiger partial charge in [-0.05, 0) is 37.1 Å². The summed E-state index contributed by atoms with van der Waals surface area (Å²) in [5.41, 5.74) is 0.526. The highest BCUT2D eigenvalue weighted by atomic mass is 32.2. The monoisotopic (exact) mass is 442 g/mol. The molecule has 0 aromatic heterocycles. The number of benzene rings is 1. The van der Waals surface area contributed by atoms with Gasteiger partial charge in [0.05, 0.1) is 16.4 Å². The fourth-order valence-electron chi connectivity index (χ4n) is 3.27. The lowest BCUT2D eigenvalue weighted by Crippen LogP contribution is -2.47. The number of hydrogen-bond donors (Lipinski definition) is 0. The standard InChI is InChI=1S/C18H19FN2O4S3/c1-2-20(14-6-7-28(24,25)11-14)16(22)10-21-17(23)15(27-18(21)26)9-12-4-3-5-13(19)8-12/h3-5,8-9,14H,2,6-7,10-11H2,1H3/b15-9-. The van der Waals surface area contributed by atoms with Crippen LogP contribution in [0.3, 0.4) is 0 Å². The van der Waals surface area contributed by atoms with Crippen molar-refractivity contribution in [3.8, 4) is 0 Å². The van der Waals surface area contributed by atoms with E-state index in [1.807, 2.05) is 0 Å². The molecule has 0 spiro atoms. The van der Waals surface area contributed by atoms with Crippen LogP contribution >= 0.6 is 24.0 Å². The highest BCUT2D eigenvalue weighted by Gasteiger charge is 2.38. The van der Waals surface area contributed by atoms with Crippen LogP contribution in [0.1, 0.15) is 18.9 Å². The van der Waals surface area contributed by atoms with Crippen molar-refractivity contribution >= 4 is 56.0 Å². The summed E-state index contributed by atoms with van der Waals surface area (Å²) in [5.74, 6) is -1.15. The van der Waals surface area contributed by atoms with Crippen molar-refractivity contribution in [2.24, 2.45) is 0 Å². The summed E-state index contributed by atoms with van der Waals surface area (Å²) >= 11 is 6.29. The van der Waals surface area contributed by atoms with E-state index < -0.39 is 21.6 Å². The maximum absolute atomic E-state index is 13.3. The molecule has 0 N–H and O–H groups in total. The highest BCUT2D eigenvalue weighted by Crippen LogP contribution is 2.32. The molecule has 2 fully saturated rings. The largest absolute Gasteiger partial charge is 0.337 e. The summed E-state index contributed by atoms with van der Waals surface area (Å²) in [7, 11) is -3.12. The molecular formula is C18H19FN2O4S3. The van der Waals surface area contributed by atoms with E-state index in [0.29, 0.717) is 23.4 Å². The van der Waals surface area contributed by atoms with Crippen molar-refractivity contribution in [2.75, 3.05) is 24.6 Å². The van der Waals surface area contributed by atoms with Crippen molar-refractivity contribution < 1.29 is 22.4 Å². The average molecular weight is 443 g/mol. The summed E-state index contributed by atoms with van der Waals surface area (Å²) in [6.07, 6.45) is 1.94. The maximum atomic E-state index is 13.3. The minimum absolute atomic E-state index is 0.0511. The Balaban J connectivity index is 1.72. The minimum Gasteiger partial charge on any atom is -0.337 e. The number of thioether (sulfide) groups is 1. The topological polar surface area (TPSA) is 74.8 Å². The van der Waals surface area contributed by atoms with Crippen molar-refractivity contribution in [1.82, 2.24) is 9.80 Å². The van der Waals surface area contributed by atoms with E-state index >= 15 is 0 Å². The van der Waals surface area contributed by atoms with Gasteiger partial charge in [0.1, 0.15) is 16.7 Å². The van der Waals surface area contributed by atoms with Gasteiger partial charge in [0.15, 0.2) is 9.84 Å². The minimum atomic E-state index is -3.12. The predicted molar refractivity (Wildman–Crippen MR) is 111 cm³/mol. The zero-order chi connectivity index (χ0) is 20.5. The van der Waals surface area contributed by atoms with Gasteiger partial charge < -0.3 is 4.90 Å². The van der Waals surface area contributed by atoms with Crippen molar-refractivity contribution in [2.45, 2.75) is 19.4 Å². The van der Waals surface area contributed by atoms with Crippen molar-refractivity contribution in [3.63, 3.8) is 0 Å². The first-order valence-corrected chi connectivity index (χ1v) is 11.8. The molecule has 6 nitrogen and oxygen atoms in total. The molecule has 0 saturated carbocycles. The Labute approximate surface area is 172 Å². The SMILES string of the molecule is CCN(C(=O)CN1C(=O)/C(=C/c2cccc(F)c2)SC1=S)C1CCS(=O)(=O)C1. The van der Waals surface area contributed by atoms with E-state index in [2.05, 4.69) is 0 Å². The zero-order valence-corrected chi connectivity index (χ0v) is 17.6. The van der Waals surface area contributed by atoms with Crippen LogP contribution in [-0.2, 0) is 19.4 Å². The molecule has 1 unspecified atom stereocenters. The second-order valence-corrected chi connectivity index (χ2v) is 10.5. The third kappa shape index (κ3) is 4.61. The number of hydrogen-bond acceptors (Lipinski definition) is 6. The van der Waals surface area contributed by atoms with E-state index in [1.165, 1.54) is 28.0 Å². The van der Waals surface area contributed by atoms with Gasteiger partial charge in [-0.3, -0.25) is 14.5 Å². The van der Waals surface area contributed by atoms with E-state index in [1.54, 1.807) is 19.1 Å². The van der Waals surface area contributed by atoms with Crippen LogP contribution in [0.15, 0.2) is 29.2 Å². The van der Waals surface area contributed by atoms with Crippen LogP contribution in [0.4, 0.5) is 4.39 Å². The van der Waals surface area contributed by atoms with Gasteiger partial charge in [-0.1, -0.05) is 36.1 Å². The first-order chi connectivity index (χ1) is 13.2. The van der Waals surface area contributed by atoms with Gasteiger partial charge in [0.2, 0.25) is 5.91 Å². The number of halogens is 1. The average Bonchev–Trinajstić information content (AvgIpc) is 3.10. The highest BCUT2D eigenvalue weighted by molar-refractivity contribution is 8.26. The van der Waals surface area contributed by atoms with Crippen LogP contribution in [0.2, 0.25) is 0 Å². The lowest BCUT2D eigenvalue weighted by molar-refractivity contribution is -0.136. The summed E-state index contributed by atoms with van der Waals surface area (Å²) < 4.78 is 37.0. The zero-order valence-electron chi connectivity index (χ0n) is 15.1. The number of nitrogens with zero attached hydrogens (tertiary/aromatic N) is 2. The van der Waals surface area contributed by atoms with Crippen LogP contribution in [0.5, 0.6) is 0 Å². The Bertz CT molecular complexity index is 961.